The van der Waals surface area contributed by atoms with E-state index in [0.29, 0.717) is 19.2 Å². The second-order valence-corrected chi connectivity index (χ2v) is 4.47. The van der Waals surface area contributed by atoms with Crippen LogP contribution in [0.3, 0.4) is 0 Å². The maximum absolute atomic E-state index is 11.1. The van der Waals surface area contributed by atoms with Gasteiger partial charge in [0.1, 0.15) is 0 Å². The minimum Gasteiger partial charge on any atom is -0.465 e. The Bertz CT molecular complexity index is 217. The Morgan fingerprint density at radius 1 is 1.43 bits per heavy atom. The predicted octanol–water partition coefficient (Wildman–Crippen LogP) is 1.33. The van der Waals surface area contributed by atoms with E-state index in [1.165, 1.54) is 25.7 Å². The highest BCUT2D eigenvalue weighted by atomic mass is 16.5. The van der Waals surface area contributed by atoms with E-state index in [-0.39, 0.29) is 5.97 Å². The highest BCUT2D eigenvalue weighted by molar-refractivity contribution is 5.71. The zero-order valence-electron chi connectivity index (χ0n) is 8.79. The number of carbonyl (C=O) groups is 1. The maximum Gasteiger partial charge on any atom is 0.319 e. The molecular formula is C11H19NO2. The van der Waals surface area contributed by atoms with Gasteiger partial charge in [-0.15, -0.1) is 0 Å². The number of rotatable bonds is 4. The monoisotopic (exact) mass is 197 g/mol. The molecule has 2 aliphatic carbocycles. The fraction of sp³-hybridized carbons (Fsp3) is 0.909. The van der Waals surface area contributed by atoms with E-state index in [1.807, 2.05) is 6.92 Å². The molecule has 0 aromatic rings. The van der Waals surface area contributed by atoms with E-state index in [1.54, 1.807) is 0 Å². The normalized spacial score (nSPS) is 34.8. The third kappa shape index (κ3) is 2.08. The summed E-state index contributed by atoms with van der Waals surface area (Å²) in [5.41, 5.74) is 0. The standard InChI is InChI=1S/C11H19NO2/c1-2-14-11(13)7-12-10-6-8-3-4-9(10)5-8/h8-10,12H,2-7H2,1H3/t8-,9+,10+/m0/s1. The Morgan fingerprint density at radius 2 is 2.29 bits per heavy atom. The fourth-order valence-corrected chi connectivity index (χ4v) is 2.92. The molecule has 0 amide bonds. The van der Waals surface area contributed by atoms with Gasteiger partial charge in [0.2, 0.25) is 0 Å². The van der Waals surface area contributed by atoms with Crippen LogP contribution in [0.15, 0.2) is 0 Å². The van der Waals surface area contributed by atoms with Crippen molar-refractivity contribution in [2.24, 2.45) is 11.8 Å². The molecule has 2 rings (SSSR count). The van der Waals surface area contributed by atoms with E-state index < -0.39 is 0 Å². The third-order valence-corrected chi connectivity index (χ3v) is 3.55. The lowest BCUT2D eigenvalue weighted by molar-refractivity contribution is -0.142. The van der Waals surface area contributed by atoms with Crippen LogP contribution in [0.4, 0.5) is 0 Å². The van der Waals surface area contributed by atoms with E-state index >= 15 is 0 Å². The minimum atomic E-state index is -0.115. The van der Waals surface area contributed by atoms with Crippen LogP contribution in [0.5, 0.6) is 0 Å². The predicted molar refractivity (Wildman–Crippen MR) is 53.9 cm³/mol. The van der Waals surface area contributed by atoms with Crippen molar-refractivity contribution in [1.82, 2.24) is 5.32 Å². The number of hydrogen-bond donors (Lipinski definition) is 1. The number of carbonyl (C=O) groups excluding carboxylic acids is 1. The first-order valence-corrected chi connectivity index (χ1v) is 5.68. The van der Waals surface area contributed by atoms with E-state index in [0.717, 1.165) is 11.8 Å². The minimum absolute atomic E-state index is 0.115. The number of esters is 1. The lowest BCUT2D eigenvalue weighted by atomic mass is 9.95. The second-order valence-electron chi connectivity index (χ2n) is 4.47. The first-order valence-electron chi connectivity index (χ1n) is 5.68. The van der Waals surface area contributed by atoms with Gasteiger partial charge in [0.15, 0.2) is 0 Å². The van der Waals surface area contributed by atoms with Gasteiger partial charge in [-0.25, -0.2) is 0 Å². The van der Waals surface area contributed by atoms with Crippen molar-refractivity contribution >= 4 is 5.97 Å². The fourth-order valence-electron chi connectivity index (χ4n) is 2.92. The maximum atomic E-state index is 11.1. The Kier molecular flexibility index (Phi) is 3.06. The van der Waals surface area contributed by atoms with Gasteiger partial charge < -0.3 is 10.1 Å². The van der Waals surface area contributed by atoms with Gasteiger partial charge in [-0.05, 0) is 38.0 Å². The van der Waals surface area contributed by atoms with E-state index in [4.69, 9.17) is 4.74 Å². The SMILES string of the molecule is CCOC(=O)CN[C@@H]1C[C@H]2CC[C@@H]1C2. The molecule has 0 saturated heterocycles. The van der Waals surface area contributed by atoms with Crippen LogP contribution in [-0.2, 0) is 9.53 Å². The molecular weight excluding hydrogens is 178 g/mol. The van der Waals surface area contributed by atoms with Crippen LogP contribution >= 0.6 is 0 Å². The number of ether oxygens (including phenoxy) is 1. The zero-order chi connectivity index (χ0) is 9.97. The summed E-state index contributed by atoms with van der Waals surface area (Å²) in [5, 5.41) is 3.32. The van der Waals surface area contributed by atoms with Crippen molar-refractivity contribution in [3.8, 4) is 0 Å². The molecule has 2 fully saturated rings. The highest BCUT2D eigenvalue weighted by Crippen LogP contribution is 2.44. The summed E-state index contributed by atoms with van der Waals surface area (Å²) in [4.78, 5) is 11.1. The van der Waals surface area contributed by atoms with Crippen LogP contribution in [-0.4, -0.2) is 25.2 Å². The lowest BCUT2D eigenvalue weighted by Crippen LogP contribution is -2.37. The Balaban J connectivity index is 1.69. The molecule has 1 N–H and O–H groups in total. The molecule has 3 atom stereocenters. The first kappa shape index (κ1) is 9.97. The molecule has 3 nitrogen and oxygen atoms in total. The van der Waals surface area contributed by atoms with Gasteiger partial charge >= 0.3 is 5.97 Å². The van der Waals surface area contributed by atoms with Gasteiger partial charge in [0.05, 0.1) is 13.2 Å². The molecule has 2 aliphatic rings. The number of nitrogens with one attached hydrogen (secondary N) is 1. The van der Waals surface area contributed by atoms with Crippen LogP contribution in [0.25, 0.3) is 0 Å². The smallest absolute Gasteiger partial charge is 0.319 e. The van der Waals surface area contributed by atoms with Crippen molar-refractivity contribution in [2.75, 3.05) is 13.2 Å². The lowest BCUT2D eigenvalue weighted by Gasteiger charge is -2.22. The van der Waals surface area contributed by atoms with E-state index in [9.17, 15) is 4.79 Å². The Morgan fingerprint density at radius 3 is 2.86 bits per heavy atom. The van der Waals surface area contributed by atoms with Crippen LogP contribution < -0.4 is 5.32 Å². The molecule has 14 heavy (non-hydrogen) atoms. The summed E-state index contributed by atoms with van der Waals surface area (Å²) in [6.45, 7) is 2.72. The molecule has 80 valence electrons. The van der Waals surface area contributed by atoms with Crippen molar-refractivity contribution in [3.63, 3.8) is 0 Å². The zero-order valence-corrected chi connectivity index (χ0v) is 8.79. The highest BCUT2D eigenvalue weighted by Gasteiger charge is 2.39. The molecule has 2 bridgehead atoms. The van der Waals surface area contributed by atoms with Gasteiger partial charge in [-0.1, -0.05) is 6.42 Å². The number of fused-ring (bicyclic) bond motifs is 2. The van der Waals surface area contributed by atoms with Crippen molar-refractivity contribution in [1.29, 1.82) is 0 Å². The summed E-state index contributed by atoms with van der Waals surface area (Å²) in [6.07, 6.45) is 5.40. The molecule has 0 aromatic carbocycles. The van der Waals surface area contributed by atoms with Crippen LogP contribution in [0.1, 0.15) is 32.6 Å². The van der Waals surface area contributed by atoms with Crippen LogP contribution in [0, 0.1) is 11.8 Å². The molecule has 3 heteroatoms. The van der Waals surface area contributed by atoms with Crippen molar-refractivity contribution < 1.29 is 9.53 Å². The summed E-state index contributed by atoms with van der Waals surface area (Å²) >= 11 is 0. The van der Waals surface area contributed by atoms with Crippen molar-refractivity contribution in [2.45, 2.75) is 38.6 Å². The van der Waals surface area contributed by atoms with E-state index in [2.05, 4.69) is 5.32 Å². The molecule has 0 radical (unpaired) electrons. The molecule has 2 saturated carbocycles. The summed E-state index contributed by atoms with van der Waals surface area (Å²) < 4.78 is 4.88. The molecule has 0 aliphatic heterocycles. The average molecular weight is 197 g/mol. The van der Waals surface area contributed by atoms with Crippen molar-refractivity contribution in [3.05, 3.63) is 0 Å². The molecule has 0 unspecified atom stereocenters. The number of hydrogen-bond acceptors (Lipinski definition) is 3. The summed E-state index contributed by atoms with van der Waals surface area (Å²) in [7, 11) is 0. The first-order chi connectivity index (χ1) is 6.79. The van der Waals surface area contributed by atoms with Gasteiger partial charge in [0, 0.05) is 6.04 Å². The summed E-state index contributed by atoms with van der Waals surface area (Å²) in [6, 6.07) is 0.582. The van der Waals surface area contributed by atoms with Gasteiger partial charge in [0.25, 0.3) is 0 Å². The largest absolute Gasteiger partial charge is 0.465 e. The second kappa shape index (κ2) is 4.30. The van der Waals surface area contributed by atoms with Gasteiger partial charge in [-0.3, -0.25) is 4.79 Å². The average Bonchev–Trinajstić information content (AvgIpc) is 2.76. The topological polar surface area (TPSA) is 38.3 Å². The van der Waals surface area contributed by atoms with Crippen LogP contribution in [0.2, 0.25) is 0 Å². The molecule has 0 heterocycles. The molecule has 0 spiro atoms. The Hall–Kier alpha value is -0.570. The quantitative estimate of drug-likeness (QED) is 0.691. The van der Waals surface area contributed by atoms with Gasteiger partial charge in [-0.2, -0.15) is 0 Å². The Labute approximate surface area is 85.2 Å². The molecule has 0 aromatic heterocycles. The third-order valence-electron chi connectivity index (χ3n) is 3.55. The summed E-state index contributed by atoms with van der Waals surface area (Å²) in [5.74, 6) is 1.64.